The van der Waals surface area contributed by atoms with E-state index in [2.05, 4.69) is 10.2 Å². The van der Waals surface area contributed by atoms with Crippen molar-refractivity contribution in [3.8, 4) is 0 Å². The van der Waals surface area contributed by atoms with Crippen molar-refractivity contribution >= 4 is 11.4 Å². The maximum atomic E-state index is 10.6. The number of nitro benzene ring substituents is 1. The molecule has 0 radical (unpaired) electrons. The monoisotopic (exact) mass is 332 g/mol. The molecule has 0 atom stereocenters. The third kappa shape index (κ3) is 4.46. The number of rotatable bonds is 7. The van der Waals surface area contributed by atoms with E-state index >= 15 is 0 Å². The van der Waals surface area contributed by atoms with Crippen LogP contribution in [-0.4, -0.2) is 39.9 Å². The van der Waals surface area contributed by atoms with Gasteiger partial charge in [-0.2, -0.15) is 10.2 Å². The number of hydrogen-bond donors (Lipinski definition) is 2. The Bertz CT molecular complexity index is 680. The van der Waals surface area contributed by atoms with Crippen LogP contribution in [0.25, 0.3) is 0 Å². The van der Waals surface area contributed by atoms with Crippen molar-refractivity contribution in [3.05, 3.63) is 57.4 Å². The van der Waals surface area contributed by atoms with Crippen molar-refractivity contribution < 1.29 is 15.1 Å². The van der Waals surface area contributed by atoms with Crippen LogP contribution in [-0.2, 0) is 0 Å². The Balaban J connectivity index is 2.11. The van der Waals surface area contributed by atoms with Gasteiger partial charge in [-0.1, -0.05) is 0 Å². The summed E-state index contributed by atoms with van der Waals surface area (Å²) in [5, 5.41) is 37.3. The van der Waals surface area contributed by atoms with Crippen molar-refractivity contribution in [2.75, 3.05) is 19.9 Å². The van der Waals surface area contributed by atoms with Gasteiger partial charge in [0.1, 0.15) is 6.73 Å². The predicted molar refractivity (Wildman–Crippen MR) is 88.5 cm³/mol. The molecule has 1 aliphatic carbocycles. The lowest BCUT2D eigenvalue weighted by atomic mass is 10.0. The first-order valence-corrected chi connectivity index (χ1v) is 7.58. The van der Waals surface area contributed by atoms with E-state index in [4.69, 9.17) is 5.11 Å². The van der Waals surface area contributed by atoms with Crippen LogP contribution >= 0.6 is 0 Å². The molecule has 0 fully saturated rings. The molecule has 8 heteroatoms. The van der Waals surface area contributed by atoms with Crippen LogP contribution in [0.2, 0.25) is 0 Å². The minimum absolute atomic E-state index is 0.0163. The summed E-state index contributed by atoms with van der Waals surface area (Å²) in [5.41, 5.74) is 3.30. The highest BCUT2D eigenvalue weighted by Gasteiger charge is 2.15. The molecule has 1 aromatic carbocycles. The number of aliphatic hydroxyl groups excluding tert-OH is 2. The summed E-state index contributed by atoms with van der Waals surface area (Å²) in [6.07, 6.45) is 3.31. The zero-order valence-electron chi connectivity index (χ0n) is 13.4. The van der Waals surface area contributed by atoms with Crippen LogP contribution in [0.1, 0.15) is 19.8 Å². The summed E-state index contributed by atoms with van der Waals surface area (Å²) in [5.74, 6) is 0. The maximum absolute atomic E-state index is 10.6. The zero-order valence-corrected chi connectivity index (χ0v) is 13.4. The Morgan fingerprint density at radius 1 is 1.21 bits per heavy atom. The van der Waals surface area contributed by atoms with Gasteiger partial charge in [0, 0.05) is 24.4 Å². The van der Waals surface area contributed by atoms with E-state index < -0.39 is 4.92 Å². The van der Waals surface area contributed by atoms with Crippen LogP contribution in [0.3, 0.4) is 0 Å². The molecule has 0 saturated carbocycles. The normalized spacial score (nSPS) is 14.9. The van der Waals surface area contributed by atoms with Gasteiger partial charge < -0.3 is 15.1 Å². The first-order valence-electron chi connectivity index (χ1n) is 7.58. The molecule has 0 spiro atoms. The maximum Gasteiger partial charge on any atom is 0.269 e. The summed E-state index contributed by atoms with van der Waals surface area (Å²) < 4.78 is 0. The summed E-state index contributed by atoms with van der Waals surface area (Å²) in [6.45, 7) is 2.14. The van der Waals surface area contributed by atoms with Crippen molar-refractivity contribution in [1.82, 2.24) is 4.90 Å². The van der Waals surface area contributed by atoms with E-state index in [-0.39, 0.29) is 19.0 Å². The Kier molecular flexibility index (Phi) is 6.16. The highest BCUT2D eigenvalue weighted by Crippen LogP contribution is 2.28. The zero-order chi connectivity index (χ0) is 17.5. The number of benzene rings is 1. The van der Waals surface area contributed by atoms with E-state index in [9.17, 15) is 15.2 Å². The number of allylic oxidation sites excluding steroid dienone is 4. The molecule has 0 saturated heterocycles. The van der Waals surface area contributed by atoms with Crippen LogP contribution in [0.5, 0.6) is 0 Å². The van der Waals surface area contributed by atoms with Crippen molar-refractivity contribution in [1.29, 1.82) is 0 Å². The van der Waals surface area contributed by atoms with Crippen molar-refractivity contribution in [2.24, 2.45) is 10.2 Å². The third-order valence-electron chi connectivity index (χ3n) is 3.75. The lowest BCUT2D eigenvalue weighted by molar-refractivity contribution is -0.384. The van der Waals surface area contributed by atoms with Gasteiger partial charge in [-0.25, -0.2) is 0 Å². The van der Waals surface area contributed by atoms with Gasteiger partial charge in [-0.15, -0.1) is 0 Å². The molecule has 0 unspecified atom stereocenters. The van der Waals surface area contributed by atoms with Gasteiger partial charge >= 0.3 is 0 Å². The lowest BCUT2D eigenvalue weighted by Crippen LogP contribution is -2.28. The highest BCUT2D eigenvalue weighted by molar-refractivity contribution is 5.44. The van der Waals surface area contributed by atoms with Crippen molar-refractivity contribution in [2.45, 2.75) is 19.8 Å². The molecule has 1 aromatic rings. The Hall–Kier alpha value is -2.58. The van der Waals surface area contributed by atoms with E-state index in [1.807, 2.05) is 13.0 Å². The van der Waals surface area contributed by atoms with Crippen LogP contribution in [0.4, 0.5) is 11.4 Å². The smallest absolute Gasteiger partial charge is 0.269 e. The topological polar surface area (TPSA) is 112 Å². The van der Waals surface area contributed by atoms with E-state index in [0.29, 0.717) is 25.1 Å². The van der Waals surface area contributed by atoms with Crippen LogP contribution in [0.15, 0.2) is 57.5 Å². The molecule has 0 aliphatic heterocycles. The third-order valence-corrected chi connectivity index (χ3v) is 3.75. The predicted octanol–water partition coefficient (Wildman–Crippen LogP) is 2.87. The molecule has 24 heavy (non-hydrogen) atoms. The van der Waals surface area contributed by atoms with Gasteiger partial charge in [0.25, 0.3) is 5.69 Å². The fourth-order valence-corrected chi connectivity index (χ4v) is 2.41. The van der Waals surface area contributed by atoms with E-state index in [1.165, 1.54) is 12.1 Å². The SMILES string of the molecule is CC1=C(/N=N/c2ccc([N+](=O)[O-])cc2)CCC(N(CO)CCO)=C1. The van der Waals surface area contributed by atoms with Crippen LogP contribution < -0.4 is 0 Å². The number of azo groups is 1. The second kappa shape index (κ2) is 8.32. The number of aliphatic hydroxyl groups is 2. The summed E-state index contributed by atoms with van der Waals surface area (Å²) >= 11 is 0. The average Bonchev–Trinajstić information content (AvgIpc) is 2.59. The lowest BCUT2D eigenvalue weighted by Gasteiger charge is -2.27. The quantitative estimate of drug-likeness (QED) is 0.345. The summed E-state index contributed by atoms with van der Waals surface area (Å²) in [6, 6.07) is 5.89. The second-order valence-electron chi connectivity index (χ2n) is 5.37. The molecular formula is C16H20N4O4. The molecule has 0 amide bonds. The highest BCUT2D eigenvalue weighted by atomic mass is 16.6. The Morgan fingerprint density at radius 3 is 2.46 bits per heavy atom. The number of nitrogens with zero attached hydrogens (tertiary/aromatic N) is 4. The summed E-state index contributed by atoms with van der Waals surface area (Å²) in [4.78, 5) is 11.9. The van der Waals surface area contributed by atoms with Gasteiger partial charge in [0.15, 0.2) is 0 Å². The van der Waals surface area contributed by atoms with Gasteiger partial charge in [-0.05, 0) is 43.5 Å². The molecule has 2 N–H and O–H groups in total. The number of hydrogen-bond acceptors (Lipinski definition) is 7. The van der Waals surface area contributed by atoms with Gasteiger partial charge in [0.2, 0.25) is 0 Å². The molecule has 2 rings (SSSR count). The Labute approximate surface area is 139 Å². The van der Waals surface area contributed by atoms with Crippen LogP contribution in [0, 0.1) is 10.1 Å². The molecule has 128 valence electrons. The Morgan fingerprint density at radius 2 is 1.92 bits per heavy atom. The van der Waals surface area contributed by atoms with Gasteiger partial charge in [-0.3, -0.25) is 10.1 Å². The molecule has 1 aliphatic rings. The number of non-ortho nitro benzene ring substituents is 1. The standard InChI is InChI=1S/C16H20N4O4/c1-12-10-15(19(11-22)8-9-21)6-7-16(12)18-17-13-2-4-14(5-3-13)20(23)24/h2-5,10,21-22H,6-9,11H2,1H3/b18-17+. The minimum atomic E-state index is -0.458. The average molecular weight is 332 g/mol. The fraction of sp³-hybridized carbons (Fsp3) is 0.375. The first kappa shape index (κ1) is 17.8. The molecule has 0 aromatic heterocycles. The largest absolute Gasteiger partial charge is 0.395 e. The van der Waals surface area contributed by atoms with E-state index in [1.54, 1.807) is 17.0 Å². The molecule has 8 nitrogen and oxygen atoms in total. The molecule has 0 bridgehead atoms. The molecular weight excluding hydrogens is 312 g/mol. The first-order chi connectivity index (χ1) is 11.5. The fourth-order valence-electron chi connectivity index (χ4n) is 2.41. The van der Waals surface area contributed by atoms with E-state index in [0.717, 1.165) is 17.0 Å². The molecule has 0 heterocycles. The van der Waals surface area contributed by atoms with Crippen molar-refractivity contribution in [3.63, 3.8) is 0 Å². The van der Waals surface area contributed by atoms with Gasteiger partial charge in [0.05, 0.1) is 22.9 Å². The minimum Gasteiger partial charge on any atom is -0.395 e. The number of nitro groups is 1. The summed E-state index contributed by atoms with van der Waals surface area (Å²) in [7, 11) is 0. The second-order valence-corrected chi connectivity index (χ2v) is 5.37.